The summed E-state index contributed by atoms with van der Waals surface area (Å²) < 4.78 is 26.9. The quantitative estimate of drug-likeness (QED) is 0.655. The maximum absolute atomic E-state index is 13.5. The molecule has 1 N–H and O–H groups in total. The van der Waals surface area contributed by atoms with Gasteiger partial charge >= 0.3 is 0 Å². The number of rotatable bonds is 5. The standard InChI is InChI=1S/C11H13F2N3O3/c1-15(2)10(17)3-4-14-11-8(12)5-7(16(18)19)6-9(11)13/h5-6,14H,3-4H2,1-2H3. The van der Waals surface area contributed by atoms with E-state index >= 15 is 0 Å². The molecular formula is C11H13F2N3O3. The maximum atomic E-state index is 13.5. The van der Waals surface area contributed by atoms with Crippen LogP contribution >= 0.6 is 0 Å². The summed E-state index contributed by atoms with van der Waals surface area (Å²) in [5.41, 5.74) is -1.14. The van der Waals surface area contributed by atoms with E-state index < -0.39 is 27.9 Å². The Morgan fingerprint density at radius 2 is 1.89 bits per heavy atom. The Morgan fingerprint density at radius 1 is 1.37 bits per heavy atom. The van der Waals surface area contributed by atoms with E-state index in [2.05, 4.69) is 5.32 Å². The van der Waals surface area contributed by atoms with Crippen molar-refractivity contribution in [2.45, 2.75) is 6.42 Å². The number of hydrogen-bond acceptors (Lipinski definition) is 4. The summed E-state index contributed by atoms with van der Waals surface area (Å²) in [6.07, 6.45) is 0.0584. The third kappa shape index (κ3) is 3.87. The van der Waals surface area contributed by atoms with E-state index in [4.69, 9.17) is 0 Å². The largest absolute Gasteiger partial charge is 0.380 e. The zero-order valence-electron chi connectivity index (χ0n) is 10.4. The first-order chi connectivity index (χ1) is 8.82. The normalized spacial score (nSPS) is 10.1. The van der Waals surface area contributed by atoms with Crippen molar-refractivity contribution < 1.29 is 18.5 Å². The maximum Gasteiger partial charge on any atom is 0.275 e. The van der Waals surface area contributed by atoms with Crippen LogP contribution in [0.4, 0.5) is 20.2 Å². The molecule has 1 aromatic rings. The van der Waals surface area contributed by atoms with Crippen LogP contribution in [0.15, 0.2) is 12.1 Å². The van der Waals surface area contributed by atoms with Crippen LogP contribution in [-0.4, -0.2) is 36.4 Å². The summed E-state index contributed by atoms with van der Waals surface area (Å²) in [5.74, 6) is -2.33. The summed E-state index contributed by atoms with van der Waals surface area (Å²) in [5, 5.41) is 12.8. The first-order valence-electron chi connectivity index (χ1n) is 5.40. The molecule has 0 saturated heterocycles. The van der Waals surface area contributed by atoms with Gasteiger partial charge in [0, 0.05) is 27.1 Å². The molecule has 0 aliphatic carbocycles. The second-order valence-electron chi connectivity index (χ2n) is 4.01. The third-order valence-corrected chi connectivity index (χ3v) is 2.38. The summed E-state index contributed by atoms with van der Waals surface area (Å²) in [6, 6.07) is 1.25. The van der Waals surface area contributed by atoms with Crippen molar-refractivity contribution in [3.63, 3.8) is 0 Å². The summed E-state index contributed by atoms with van der Waals surface area (Å²) in [6.45, 7) is 0.0304. The van der Waals surface area contributed by atoms with Crippen molar-refractivity contribution in [3.05, 3.63) is 33.9 Å². The van der Waals surface area contributed by atoms with Gasteiger partial charge in [-0.3, -0.25) is 14.9 Å². The average molecular weight is 273 g/mol. The lowest BCUT2D eigenvalue weighted by molar-refractivity contribution is -0.385. The van der Waals surface area contributed by atoms with Crippen LogP contribution in [0.25, 0.3) is 0 Å². The van der Waals surface area contributed by atoms with Gasteiger partial charge < -0.3 is 10.2 Å². The van der Waals surface area contributed by atoms with Crippen LogP contribution in [0.2, 0.25) is 0 Å². The van der Waals surface area contributed by atoms with Crippen molar-refractivity contribution in [1.29, 1.82) is 0 Å². The van der Waals surface area contributed by atoms with Crippen molar-refractivity contribution in [2.24, 2.45) is 0 Å². The van der Waals surface area contributed by atoms with Gasteiger partial charge in [-0.1, -0.05) is 0 Å². The van der Waals surface area contributed by atoms with Crippen LogP contribution < -0.4 is 5.32 Å². The van der Waals surface area contributed by atoms with E-state index in [-0.39, 0.29) is 18.9 Å². The molecule has 0 heterocycles. The summed E-state index contributed by atoms with van der Waals surface area (Å²) >= 11 is 0. The van der Waals surface area contributed by atoms with Gasteiger partial charge in [0.2, 0.25) is 5.91 Å². The Labute approximate surface area is 108 Å². The van der Waals surface area contributed by atoms with E-state index in [0.717, 1.165) is 0 Å². The number of amides is 1. The van der Waals surface area contributed by atoms with Gasteiger partial charge in [-0.05, 0) is 0 Å². The van der Waals surface area contributed by atoms with E-state index in [1.807, 2.05) is 0 Å². The molecule has 19 heavy (non-hydrogen) atoms. The second-order valence-corrected chi connectivity index (χ2v) is 4.01. The molecule has 0 bridgehead atoms. The number of nitrogens with zero attached hydrogens (tertiary/aromatic N) is 2. The minimum Gasteiger partial charge on any atom is -0.380 e. The fraction of sp³-hybridized carbons (Fsp3) is 0.364. The van der Waals surface area contributed by atoms with Crippen LogP contribution in [0.3, 0.4) is 0 Å². The fourth-order valence-corrected chi connectivity index (χ4v) is 1.35. The van der Waals surface area contributed by atoms with Crippen molar-refractivity contribution in [3.8, 4) is 0 Å². The Kier molecular flexibility index (Phi) is 4.74. The predicted molar refractivity (Wildman–Crippen MR) is 64.8 cm³/mol. The molecule has 0 saturated carbocycles. The molecule has 0 atom stereocenters. The number of nitrogens with one attached hydrogen (secondary N) is 1. The van der Waals surface area contributed by atoms with E-state index in [9.17, 15) is 23.7 Å². The van der Waals surface area contributed by atoms with Crippen LogP contribution in [0, 0.1) is 21.7 Å². The zero-order chi connectivity index (χ0) is 14.6. The Bertz CT molecular complexity index is 483. The molecule has 0 aliphatic heterocycles. The highest BCUT2D eigenvalue weighted by atomic mass is 19.1. The van der Waals surface area contributed by atoms with Crippen LogP contribution in [0.5, 0.6) is 0 Å². The number of halogens is 2. The fourth-order valence-electron chi connectivity index (χ4n) is 1.35. The molecule has 8 heteroatoms. The van der Waals surface area contributed by atoms with Crippen molar-refractivity contribution in [1.82, 2.24) is 4.90 Å². The lowest BCUT2D eigenvalue weighted by Crippen LogP contribution is -2.24. The number of non-ortho nitro benzene ring substituents is 1. The predicted octanol–water partition coefficient (Wildman–Crippen LogP) is 1.76. The molecular weight excluding hydrogens is 260 g/mol. The molecule has 0 aromatic heterocycles. The molecule has 1 rings (SSSR count). The SMILES string of the molecule is CN(C)C(=O)CCNc1c(F)cc([N+](=O)[O-])cc1F. The number of carbonyl (C=O) groups is 1. The molecule has 1 aromatic carbocycles. The number of benzene rings is 1. The van der Waals surface area contributed by atoms with Gasteiger partial charge in [0.05, 0.1) is 17.1 Å². The van der Waals surface area contributed by atoms with Gasteiger partial charge in [0.25, 0.3) is 5.69 Å². The number of carbonyl (C=O) groups excluding carboxylic acids is 1. The van der Waals surface area contributed by atoms with Gasteiger partial charge in [0.1, 0.15) is 5.69 Å². The monoisotopic (exact) mass is 273 g/mol. The molecule has 0 unspecified atom stereocenters. The molecule has 0 fully saturated rings. The topological polar surface area (TPSA) is 75.5 Å². The van der Waals surface area contributed by atoms with E-state index in [1.54, 1.807) is 14.1 Å². The first-order valence-corrected chi connectivity index (χ1v) is 5.40. The smallest absolute Gasteiger partial charge is 0.275 e. The van der Waals surface area contributed by atoms with Gasteiger partial charge in [-0.15, -0.1) is 0 Å². The highest BCUT2D eigenvalue weighted by Gasteiger charge is 2.17. The Balaban J connectivity index is 2.74. The molecule has 0 radical (unpaired) electrons. The van der Waals surface area contributed by atoms with E-state index in [0.29, 0.717) is 12.1 Å². The van der Waals surface area contributed by atoms with Crippen LogP contribution in [-0.2, 0) is 4.79 Å². The molecule has 0 spiro atoms. The number of anilines is 1. The molecule has 1 amide bonds. The van der Waals surface area contributed by atoms with Crippen molar-refractivity contribution >= 4 is 17.3 Å². The lowest BCUT2D eigenvalue weighted by atomic mass is 10.2. The molecule has 104 valence electrons. The summed E-state index contributed by atoms with van der Waals surface area (Å²) in [7, 11) is 3.13. The highest BCUT2D eigenvalue weighted by molar-refractivity contribution is 5.76. The third-order valence-electron chi connectivity index (χ3n) is 2.38. The minimum atomic E-state index is -1.07. The molecule has 6 nitrogen and oxygen atoms in total. The Morgan fingerprint density at radius 3 is 2.32 bits per heavy atom. The van der Waals surface area contributed by atoms with Gasteiger partial charge in [-0.2, -0.15) is 0 Å². The summed E-state index contributed by atoms with van der Waals surface area (Å²) in [4.78, 5) is 22.1. The van der Waals surface area contributed by atoms with Crippen LogP contribution in [0.1, 0.15) is 6.42 Å². The minimum absolute atomic E-state index is 0.0304. The number of hydrogen-bond donors (Lipinski definition) is 1. The lowest BCUT2D eigenvalue weighted by Gasteiger charge is -2.12. The van der Waals surface area contributed by atoms with Gasteiger partial charge in [-0.25, -0.2) is 8.78 Å². The van der Waals surface area contributed by atoms with E-state index in [1.165, 1.54) is 4.90 Å². The molecule has 0 aliphatic rings. The van der Waals surface area contributed by atoms with Gasteiger partial charge in [0.15, 0.2) is 11.6 Å². The number of nitro benzene ring substituents is 1. The first kappa shape index (κ1) is 14.8. The highest BCUT2D eigenvalue weighted by Crippen LogP contribution is 2.24. The van der Waals surface area contributed by atoms with Crippen molar-refractivity contribution in [2.75, 3.05) is 26.0 Å². The second kappa shape index (κ2) is 6.07. The zero-order valence-corrected chi connectivity index (χ0v) is 10.4. The average Bonchev–Trinajstić information content (AvgIpc) is 2.31. The Hall–Kier alpha value is -2.25. The number of nitro groups is 1.